The highest BCUT2D eigenvalue weighted by atomic mass is 16.5. The van der Waals surface area contributed by atoms with Gasteiger partial charge in [0.05, 0.1) is 12.8 Å². The predicted octanol–water partition coefficient (Wildman–Crippen LogP) is 3.04. The van der Waals surface area contributed by atoms with Crippen molar-refractivity contribution in [1.82, 2.24) is 9.78 Å². The van der Waals surface area contributed by atoms with Gasteiger partial charge in [0.2, 0.25) is 0 Å². The molecule has 1 aromatic carbocycles. The van der Waals surface area contributed by atoms with E-state index in [2.05, 4.69) is 5.10 Å². The minimum absolute atomic E-state index is 0.142. The summed E-state index contributed by atoms with van der Waals surface area (Å²) in [5.41, 5.74) is 2.73. The van der Waals surface area contributed by atoms with E-state index >= 15 is 0 Å². The van der Waals surface area contributed by atoms with Crippen LogP contribution in [-0.4, -0.2) is 22.7 Å². The molecular weight excluding hydrogens is 252 g/mol. The van der Waals surface area contributed by atoms with Crippen molar-refractivity contribution >= 4 is 5.78 Å². The molecule has 0 bridgehead atoms. The molecule has 2 aromatic rings. The minimum Gasteiger partial charge on any atom is -0.497 e. The zero-order valence-corrected chi connectivity index (χ0v) is 12.2. The topological polar surface area (TPSA) is 44.1 Å². The Morgan fingerprint density at radius 3 is 2.60 bits per heavy atom. The van der Waals surface area contributed by atoms with Gasteiger partial charge in [0.15, 0.2) is 5.78 Å². The lowest BCUT2D eigenvalue weighted by Gasteiger charge is -2.05. The molecule has 106 valence electrons. The van der Waals surface area contributed by atoms with Crippen LogP contribution in [0.25, 0.3) is 0 Å². The lowest BCUT2D eigenvalue weighted by Crippen LogP contribution is -2.10. The van der Waals surface area contributed by atoms with E-state index in [9.17, 15) is 4.79 Å². The minimum atomic E-state index is 0.142. The van der Waals surface area contributed by atoms with Gasteiger partial charge in [-0.1, -0.05) is 12.1 Å². The number of benzene rings is 1. The molecule has 1 aromatic heterocycles. The van der Waals surface area contributed by atoms with E-state index in [0.29, 0.717) is 12.1 Å². The Hall–Kier alpha value is -2.10. The Balaban J connectivity index is 2.00. The first-order valence-electron chi connectivity index (χ1n) is 6.84. The number of carbonyl (C=O) groups excluding carboxylic acids is 1. The van der Waals surface area contributed by atoms with Gasteiger partial charge < -0.3 is 4.74 Å². The molecule has 0 radical (unpaired) electrons. The van der Waals surface area contributed by atoms with E-state index in [1.165, 1.54) is 0 Å². The van der Waals surface area contributed by atoms with Gasteiger partial charge in [0.1, 0.15) is 11.4 Å². The van der Waals surface area contributed by atoms with Crippen molar-refractivity contribution in [3.05, 3.63) is 47.3 Å². The molecule has 0 atom stereocenters. The third kappa shape index (κ3) is 3.26. The van der Waals surface area contributed by atoms with Gasteiger partial charge in [-0.2, -0.15) is 5.10 Å². The van der Waals surface area contributed by atoms with E-state index in [-0.39, 0.29) is 5.78 Å². The number of hydrogen-bond donors (Lipinski definition) is 0. The number of aromatic nitrogens is 2. The van der Waals surface area contributed by atoms with Crippen LogP contribution in [0.1, 0.15) is 35.1 Å². The Labute approximate surface area is 119 Å². The molecule has 1 heterocycles. The number of nitrogens with zero attached hydrogens (tertiary/aromatic N) is 2. The summed E-state index contributed by atoms with van der Waals surface area (Å²) in [6.45, 7) is 4.62. The Morgan fingerprint density at radius 1 is 1.30 bits per heavy atom. The monoisotopic (exact) mass is 272 g/mol. The van der Waals surface area contributed by atoms with Crippen molar-refractivity contribution in [3.63, 3.8) is 0 Å². The summed E-state index contributed by atoms with van der Waals surface area (Å²) in [4.78, 5) is 12.2. The maximum absolute atomic E-state index is 12.2. The van der Waals surface area contributed by atoms with Crippen molar-refractivity contribution in [2.75, 3.05) is 7.11 Å². The van der Waals surface area contributed by atoms with Crippen LogP contribution in [0.15, 0.2) is 30.3 Å². The number of rotatable bonds is 6. The second-order valence-corrected chi connectivity index (χ2v) is 4.76. The van der Waals surface area contributed by atoms with Gasteiger partial charge in [-0.15, -0.1) is 0 Å². The van der Waals surface area contributed by atoms with Gasteiger partial charge in [-0.3, -0.25) is 9.48 Å². The van der Waals surface area contributed by atoms with E-state index in [1.54, 1.807) is 11.8 Å². The molecule has 0 aliphatic carbocycles. The summed E-state index contributed by atoms with van der Waals surface area (Å²) in [6.07, 6.45) is 1.23. The Morgan fingerprint density at radius 2 is 2.00 bits per heavy atom. The molecule has 0 amide bonds. The number of ketones is 1. The van der Waals surface area contributed by atoms with Crippen molar-refractivity contribution in [2.24, 2.45) is 0 Å². The summed E-state index contributed by atoms with van der Waals surface area (Å²) < 4.78 is 6.89. The van der Waals surface area contributed by atoms with Crippen LogP contribution in [-0.2, 0) is 13.0 Å². The van der Waals surface area contributed by atoms with Gasteiger partial charge >= 0.3 is 0 Å². The van der Waals surface area contributed by atoms with E-state index < -0.39 is 0 Å². The van der Waals surface area contributed by atoms with Crippen LogP contribution >= 0.6 is 0 Å². The number of Topliss-reactive ketones (excluding diaryl/α,β-unsaturated/α-hetero) is 1. The van der Waals surface area contributed by atoms with Crippen LogP contribution in [0.5, 0.6) is 5.75 Å². The van der Waals surface area contributed by atoms with Gasteiger partial charge in [0, 0.05) is 13.0 Å². The van der Waals surface area contributed by atoms with Crippen molar-refractivity contribution < 1.29 is 9.53 Å². The van der Waals surface area contributed by atoms with Crippen LogP contribution in [0.3, 0.4) is 0 Å². The maximum Gasteiger partial charge on any atom is 0.181 e. The number of ether oxygens (including phenoxy) is 1. The van der Waals surface area contributed by atoms with Gasteiger partial charge in [-0.05, 0) is 44.0 Å². The fourth-order valence-electron chi connectivity index (χ4n) is 2.19. The first-order chi connectivity index (χ1) is 9.63. The smallest absolute Gasteiger partial charge is 0.181 e. The van der Waals surface area contributed by atoms with Crippen molar-refractivity contribution in [1.29, 1.82) is 0 Å². The standard InChI is InChI=1S/C16H20N2O2/c1-4-18-15(11-12(2)17-18)16(19)10-7-13-5-8-14(20-3)9-6-13/h5-6,8-9,11H,4,7,10H2,1-3H3. The average Bonchev–Trinajstić information content (AvgIpc) is 2.86. The average molecular weight is 272 g/mol. The first-order valence-corrected chi connectivity index (χ1v) is 6.84. The molecule has 0 fully saturated rings. The summed E-state index contributed by atoms with van der Waals surface area (Å²) in [5.74, 6) is 0.975. The third-order valence-electron chi connectivity index (χ3n) is 3.29. The normalized spacial score (nSPS) is 10.6. The molecule has 20 heavy (non-hydrogen) atoms. The van der Waals surface area contributed by atoms with Gasteiger partial charge in [0.25, 0.3) is 0 Å². The molecular formula is C16H20N2O2. The molecule has 0 saturated carbocycles. The molecule has 4 heteroatoms. The predicted molar refractivity (Wildman–Crippen MR) is 78.3 cm³/mol. The van der Waals surface area contributed by atoms with Crippen molar-refractivity contribution in [3.8, 4) is 5.75 Å². The molecule has 0 spiro atoms. The number of hydrogen-bond acceptors (Lipinski definition) is 3. The molecule has 0 saturated heterocycles. The number of carbonyl (C=O) groups is 1. The number of methoxy groups -OCH3 is 1. The highest BCUT2D eigenvalue weighted by Crippen LogP contribution is 2.14. The lowest BCUT2D eigenvalue weighted by molar-refractivity contribution is 0.0972. The SMILES string of the molecule is CCn1nc(C)cc1C(=O)CCc1ccc(OC)cc1. The zero-order valence-electron chi connectivity index (χ0n) is 12.2. The van der Waals surface area contributed by atoms with E-state index in [4.69, 9.17) is 4.74 Å². The number of aryl methyl sites for hydroxylation is 3. The van der Waals surface area contributed by atoms with Crippen LogP contribution in [0.2, 0.25) is 0 Å². The highest BCUT2D eigenvalue weighted by molar-refractivity contribution is 5.94. The van der Waals surface area contributed by atoms with Crippen molar-refractivity contribution in [2.45, 2.75) is 33.2 Å². The maximum atomic E-state index is 12.2. The molecule has 0 aliphatic rings. The fraction of sp³-hybridized carbons (Fsp3) is 0.375. The zero-order chi connectivity index (χ0) is 14.5. The molecule has 4 nitrogen and oxygen atoms in total. The molecule has 2 rings (SSSR count). The van der Waals surface area contributed by atoms with Crippen LogP contribution in [0.4, 0.5) is 0 Å². The summed E-state index contributed by atoms with van der Waals surface area (Å²) in [6, 6.07) is 9.68. The van der Waals surface area contributed by atoms with Crippen LogP contribution in [0, 0.1) is 6.92 Å². The Bertz CT molecular complexity index is 585. The summed E-state index contributed by atoms with van der Waals surface area (Å²) in [7, 11) is 1.65. The van der Waals surface area contributed by atoms with Gasteiger partial charge in [-0.25, -0.2) is 0 Å². The second-order valence-electron chi connectivity index (χ2n) is 4.76. The summed E-state index contributed by atoms with van der Waals surface area (Å²) in [5, 5.41) is 4.31. The second kappa shape index (κ2) is 6.37. The quantitative estimate of drug-likeness (QED) is 0.759. The largest absolute Gasteiger partial charge is 0.497 e. The third-order valence-corrected chi connectivity index (χ3v) is 3.29. The lowest BCUT2D eigenvalue weighted by atomic mass is 10.1. The highest BCUT2D eigenvalue weighted by Gasteiger charge is 2.12. The molecule has 0 aliphatic heterocycles. The summed E-state index contributed by atoms with van der Waals surface area (Å²) >= 11 is 0. The molecule has 0 unspecified atom stereocenters. The first kappa shape index (κ1) is 14.3. The van der Waals surface area contributed by atoms with Crippen LogP contribution < -0.4 is 4.74 Å². The molecule has 0 N–H and O–H groups in total. The van der Waals surface area contributed by atoms with E-state index in [1.807, 2.05) is 44.2 Å². The Kier molecular flexibility index (Phi) is 4.56. The van der Waals surface area contributed by atoms with E-state index in [0.717, 1.165) is 30.0 Å². The fourth-order valence-corrected chi connectivity index (χ4v) is 2.19.